The van der Waals surface area contributed by atoms with Crippen LogP contribution in [0.5, 0.6) is 0 Å². The van der Waals surface area contributed by atoms with Crippen LogP contribution in [0.1, 0.15) is 19.3 Å². The zero-order chi connectivity index (χ0) is 9.26. The van der Waals surface area contributed by atoms with Crippen LogP contribution >= 0.6 is 23.5 Å². The van der Waals surface area contributed by atoms with Gasteiger partial charge in [-0.05, 0) is 17.2 Å². The minimum Gasteiger partial charge on any atom is -0.294 e. The predicted molar refractivity (Wildman–Crippen MR) is 55.2 cm³/mol. The molecule has 1 aliphatic carbocycles. The van der Waals surface area contributed by atoms with Crippen molar-refractivity contribution < 1.29 is 9.59 Å². The topological polar surface area (TPSA) is 34.1 Å². The molecule has 1 saturated carbocycles. The third kappa shape index (κ3) is 1.74. The highest BCUT2D eigenvalue weighted by molar-refractivity contribution is 8.27. The van der Waals surface area contributed by atoms with Crippen LogP contribution in [0.4, 0.5) is 0 Å². The Kier molecular flexibility index (Phi) is 2.60. The lowest BCUT2D eigenvalue weighted by Gasteiger charge is -2.12. The lowest BCUT2D eigenvalue weighted by molar-refractivity contribution is -0.123. The van der Waals surface area contributed by atoms with Crippen molar-refractivity contribution in [3.05, 3.63) is 20.6 Å². The molecule has 13 heavy (non-hydrogen) atoms. The Morgan fingerprint density at radius 3 is 2.08 bits per heavy atom. The monoisotopic (exact) mass is 212 g/mol. The van der Waals surface area contributed by atoms with Crippen molar-refractivity contribution in [3.8, 4) is 0 Å². The lowest BCUT2D eigenvalue weighted by atomic mass is 9.94. The molecule has 0 spiro atoms. The van der Waals surface area contributed by atoms with Crippen LogP contribution < -0.4 is 0 Å². The molecule has 4 heteroatoms. The summed E-state index contributed by atoms with van der Waals surface area (Å²) < 4.78 is 0.870. The summed E-state index contributed by atoms with van der Waals surface area (Å²) in [6.07, 6.45) is 1.79. The van der Waals surface area contributed by atoms with E-state index in [2.05, 4.69) is 0 Å². The fourth-order valence-electron chi connectivity index (χ4n) is 1.37. The van der Waals surface area contributed by atoms with Crippen LogP contribution in [0.25, 0.3) is 0 Å². The van der Waals surface area contributed by atoms with Gasteiger partial charge < -0.3 is 0 Å². The molecule has 0 bridgehead atoms. The van der Waals surface area contributed by atoms with Gasteiger partial charge in [-0.15, -0.1) is 0 Å². The largest absolute Gasteiger partial charge is 0.294 e. The molecule has 0 unspecified atom stereocenters. The highest BCUT2D eigenvalue weighted by atomic mass is 32.2. The Balaban J connectivity index is 2.33. The molecular weight excluding hydrogens is 204 g/mol. The first-order valence-corrected chi connectivity index (χ1v) is 5.84. The lowest BCUT2D eigenvalue weighted by Crippen LogP contribution is -2.19. The Bertz CT molecular complexity index is 301. The van der Waals surface area contributed by atoms with Crippen molar-refractivity contribution in [2.75, 3.05) is 0 Å². The van der Waals surface area contributed by atoms with E-state index in [0.717, 1.165) is 10.7 Å². The number of rotatable bonds is 0. The first kappa shape index (κ1) is 9.09. The first-order valence-electron chi connectivity index (χ1n) is 4.08. The zero-order valence-corrected chi connectivity index (χ0v) is 8.54. The molecule has 2 aliphatic rings. The smallest absolute Gasteiger partial charge is 0.168 e. The molecular formula is C9H8O2S2. The molecule has 0 aromatic rings. The molecule has 0 aromatic carbocycles. The second-order valence-electron chi connectivity index (χ2n) is 2.87. The van der Waals surface area contributed by atoms with Crippen LogP contribution in [-0.2, 0) is 9.59 Å². The maximum absolute atomic E-state index is 11.5. The van der Waals surface area contributed by atoms with E-state index in [4.69, 9.17) is 0 Å². The fraction of sp³-hybridized carbons (Fsp3) is 0.333. The van der Waals surface area contributed by atoms with Gasteiger partial charge in [0.25, 0.3) is 0 Å². The summed E-state index contributed by atoms with van der Waals surface area (Å²) in [7, 11) is 0. The van der Waals surface area contributed by atoms with Gasteiger partial charge in [0.15, 0.2) is 11.6 Å². The van der Waals surface area contributed by atoms with Gasteiger partial charge in [0.05, 0.1) is 9.81 Å². The predicted octanol–water partition coefficient (Wildman–Crippen LogP) is 2.47. The second-order valence-corrected chi connectivity index (χ2v) is 4.96. The normalized spacial score (nSPS) is 23.1. The van der Waals surface area contributed by atoms with E-state index in [1.54, 1.807) is 0 Å². The standard InChI is InChI=1S/C9H8O2S2/c10-6-2-1-3-7(11)8(6)9-12-4-5-13-9/h4-5H,1-3H2. The number of thioether (sulfide) groups is 2. The summed E-state index contributed by atoms with van der Waals surface area (Å²) in [4.78, 5) is 22.9. The SMILES string of the molecule is O=C1CCCC(=O)C1=C1SC=CS1. The quantitative estimate of drug-likeness (QED) is 0.456. The number of carbonyl (C=O) groups is 2. The summed E-state index contributed by atoms with van der Waals surface area (Å²) in [5, 5.41) is 3.81. The minimum absolute atomic E-state index is 0.0231. The molecule has 1 aliphatic heterocycles. The van der Waals surface area contributed by atoms with Gasteiger partial charge in [0, 0.05) is 12.8 Å². The molecule has 2 rings (SSSR count). The van der Waals surface area contributed by atoms with E-state index in [9.17, 15) is 9.59 Å². The third-order valence-corrected chi connectivity index (χ3v) is 4.11. The van der Waals surface area contributed by atoms with Crippen molar-refractivity contribution in [2.24, 2.45) is 0 Å². The summed E-state index contributed by atoms with van der Waals surface area (Å²) in [6, 6.07) is 0. The van der Waals surface area contributed by atoms with Crippen LogP contribution in [0.2, 0.25) is 0 Å². The highest BCUT2D eigenvalue weighted by Gasteiger charge is 2.27. The fourth-order valence-corrected chi connectivity index (χ4v) is 3.31. The molecule has 0 saturated heterocycles. The minimum atomic E-state index is 0.0231. The average Bonchev–Trinajstić information content (AvgIpc) is 2.57. The van der Waals surface area contributed by atoms with Crippen molar-refractivity contribution in [3.63, 3.8) is 0 Å². The maximum atomic E-state index is 11.5. The van der Waals surface area contributed by atoms with Crippen molar-refractivity contribution in [1.82, 2.24) is 0 Å². The molecule has 1 heterocycles. The number of allylic oxidation sites excluding steroid dienone is 1. The van der Waals surface area contributed by atoms with Gasteiger partial charge in [0.1, 0.15) is 0 Å². The zero-order valence-electron chi connectivity index (χ0n) is 6.91. The van der Waals surface area contributed by atoms with Crippen LogP contribution in [0.3, 0.4) is 0 Å². The third-order valence-electron chi connectivity index (χ3n) is 1.98. The van der Waals surface area contributed by atoms with Gasteiger partial charge in [-0.25, -0.2) is 0 Å². The van der Waals surface area contributed by atoms with Crippen molar-refractivity contribution in [1.29, 1.82) is 0 Å². The molecule has 0 aromatic heterocycles. The number of ketones is 2. The average molecular weight is 212 g/mol. The first-order chi connectivity index (χ1) is 6.29. The van der Waals surface area contributed by atoms with Crippen molar-refractivity contribution in [2.45, 2.75) is 19.3 Å². The van der Waals surface area contributed by atoms with Gasteiger partial charge >= 0.3 is 0 Å². The van der Waals surface area contributed by atoms with E-state index >= 15 is 0 Å². The van der Waals surface area contributed by atoms with Crippen LogP contribution in [-0.4, -0.2) is 11.6 Å². The van der Waals surface area contributed by atoms with Gasteiger partial charge in [0.2, 0.25) is 0 Å². The van der Waals surface area contributed by atoms with Gasteiger partial charge in [-0.3, -0.25) is 9.59 Å². The molecule has 0 amide bonds. The van der Waals surface area contributed by atoms with E-state index < -0.39 is 0 Å². The highest BCUT2D eigenvalue weighted by Crippen LogP contribution is 2.41. The number of Topliss-reactive ketones (excluding diaryl/α,β-unsaturated/α-hetero) is 2. The Morgan fingerprint density at radius 1 is 1.00 bits per heavy atom. The molecule has 0 radical (unpaired) electrons. The molecule has 2 nitrogen and oxygen atoms in total. The molecule has 68 valence electrons. The van der Waals surface area contributed by atoms with E-state index in [1.165, 1.54) is 23.5 Å². The summed E-state index contributed by atoms with van der Waals surface area (Å²) >= 11 is 2.95. The van der Waals surface area contributed by atoms with E-state index in [-0.39, 0.29) is 11.6 Å². The van der Waals surface area contributed by atoms with Crippen LogP contribution in [0.15, 0.2) is 20.6 Å². The number of hydrogen-bond acceptors (Lipinski definition) is 4. The Labute approximate surface area is 84.8 Å². The maximum Gasteiger partial charge on any atom is 0.168 e. The van der Waals surface area contributed by atoms with Crippen molar-refractivity contribution >= 4 is 35.1 Å². The van der Waals surface area contributed by atoms with Gasteiger partial charge in [-0.2, -0.15) is 0 Å². The number of hydrogen-bond donors (Lipinski definition) is 0. The van der Waals surface area contributed by atoms with Crippen LogP contribution in [0, 0.1) is 0 Å². The molecule has 0 N–H and O–H groups in total. The van der Waals surface area contributed by atoms with E-state index in [0.29, 0.717) is 18.4 Å². The Hall–Kier alpha value is -0.480. The Morgan fingerprint density at radius 2 is 1.54 bits per heavy atom. The molecule has 0 atom stereocenters. The second kappa shape index (κ2) is 3.72. The summed E-state index contributed by atoms with van der Waals surface area (Å²) in [5.74, 6) is 0.0462. The molecule has 1 fully saturated rings. The number of carbonyl (C=O) groups excluding carboxylic acids is 2. The summed E-state index contributed by atoms with van der Waals surface area (Å²) in [5.41, 5.74) is 0.450. The van der Waals surface area contributed by atoms with E-state index in [1.807, 2.05) is 10.8 Å². The van der Waals surface area contributed by atoms with Gasteiger partial charge in [-0.1, -0.05) is 23.5 Å². The summed E-state index contributed by atoms with van der Waals surface area (Å²) in [6.45, 7) is 0.